The van der Waals surface area contributed by atoms with Crippen molar-refractivity contribution in [1.29, 1.82) is 0 Å². The molecule has 2 heterocycles. The van der Waals surface area contributed by atoms with Gasteiger partial charge >= 0.3 is 6.61 Å². The third-order valence-electron chi connectivity index (χ3n) is 5.12. The monoisotopic (exact) mass is 437 g/mol. The highest BCUT2D eigenvalue weighted by Crippen LogP contribution is 2.35. The number of hydrogen-bond acceptors (Lipinski definition) is 3. The quantitative estimate of drug-likeness (QED) is 0.733. The summed E-state index contributed by atoms with van der Waals surface area (Å²) in [5, 5.41) is 4.10. The molecule has 2 aromatic carbocycles. The third-order valence-corrected chi connectivity index (χ3v) is 5.72. The summed E-state index contributed by atoms with van der Waals surface area (Å²) in [6.45, 7) is -1.45. The smallest absolute Gasteiger partial charge is 0.387 e. The van der Waals surface area contributed by atoms with E-state index in [1.165, 1.54) is 17.7 Å². The molecule has 9 heteroatoms. The Labute approximate surface area is 177 Å². The van der Waals surface area contributed by atoms with Gasteiger partial charge in [-0.3, -0.25) is 4.79 Å². The second-order valence-corrected chi connectivity index (χ2v) is 7.73. The minimum absolute atomic E-state index is 0.0108. The number of piperazine rings is 1. The molecule has 1 amide bonds. The highest BCUT2D eigenvalue weighted by molar-refractivity contribution is 7.80. The van der Waals surface area contributed by atoms with Crippen LogP contribution < -0.4 is 10.1 Å². The number of anilines is 1. The molecule has 0 radical (unpaired) electrons. The fourth-order valence-electron chi connectivity index (χ4n) is 3.77. The molecule has 0 aromatic heterocycles. The van der Waals surface area contributed by atoms with Gasteiger partial charge in [-0.25, -0.2) is 0 Å². The van der Waals surface area contributed by atoms with Crippen molar-refractivity contribution in [2.45, 2.75) is 19.1 Å². The van der Waals surface area contributed by atoms with Crippen LogP contribution in [0.5, 0.6) is 5.75 Å². The van der Waals surface area contributed by atoms with E-state index < -0.39 is 6.61 Å². The summed E-state index contributed by atoms with van der Waals surface area (Å²) >= 11 is 11.7. The van der Waals surface area contributed by atoms with Crippen molar-refractivity contribution in [3.63, 3.8) is 0 Å². The normalized spacial score (nSPS) is 18.3. The number of nitrogens with one attached hydrogen (secondary N) is 1. The van der Waals surface area contributed by atoms with Crippen molar-refractivity contribution in [2.24, 2.45) is 0 Å². The van der Waals surface area contributed by atoms with Crippen LogP contribution in [0.25, 0.3) is 0 Å². The van der Waals surface area contributed by atoms with Crippen molar-refractivity contribution in [3.05, 3.63) is 58.6 Å². The molecular formula is C20H18ClF2N3O2S. The van der Waals surface area contributed by atoms with E-state index in [4.69, 9.17) is 23.8 Å². The summed E-state index contributed by atoms with van der Waals surface area (Å²) in [5.74, 6) is 0.0765. The number of thiocarbonyl (C=S) groups is 1. The summed E-state index contributed by atoms with van der Waals surface area (Å²) in [7, 11) is 0. The molecule has 5 nitrogen and oxygen atoms in total. The molecular weight excluding hydrogens is 420 g/mol. The SMILES string of the molecule is O=C1CN(C(=S)Nc2ccc(OC(F)F)cc2)CC2c3cc(Cl)ccc3CCN12. The minimum atomic E-state index is -2.87. The predicted molar refractivity (Wildman–Crippen MR) is 110 cm³/mol. The maximum atomic E-state index is 12.7. The fraction of sp³-hybridized carbons (Fsp3) is 0.300. The number of alkyl halides is 2. The van der Waals surface area contributed by atoms with Crippen molar-refractivity contribution < 1.29 is 18.3 Å². The Morgan fingerprint density at radius 1 is 1.24 bits per heavy atom. The Kier molecular flexibility index (Phi) is 5.56. The molecule has 1 unspecified atom stereocenters. The first-order valence-corrected chi connectivity index (χ1v) is 9.88. The Hall–Kier alpha value is -2.45. The fourth-order valence-corrected chi connectivity index (χ4v) is 4.21. The Balaban J connectivity index is 1.48. The van der Waals surface area contributed by atoms with Crippen LogP contribution in [0, 0.1) is 0 Å². The highest BCUT2D eigenvalue weighted by atomic mass is 35.5. The third kappa shape index (κ3) is 4.28. The van der Waals surface area contributed by atoms with Gasteiger partial charge in [-0.2, -0.15) is 8.78 Å². The summed E-state index contributed by atoms with van der Waals surface area (Å²) in [6, 6.07) is 11.7. The van der Waals surface area contributed by atoms with E-state index >= 15 is 0 Å². The number of carbonyl (C=O) groups excluding carboxylic acids is 1. The first kappa shape index (κ1) is 19.8. The van der Waals surface area contributed by atoms with Crippen LogP contribution in [0.4, 0.5) is 14.5 Å². The predicted octanol–water partition coefficient (Wildman–Crippen LogP) is 4.08. The summed E-state index contributed by atoms with van der Waals surface area (Å²) in [4.78, 5) is 16.4. The van der Waals surface area contributed by atoms with Gasteiger partial charge in [0.1, 0.15) is 5.75 Å². The number of rotatable bonds is 3. The lowest BCUT2D eigenvalue weighted by molar-refractivity contribution is -0.138. The zero-order chi connectivity index (χ0) is 20.5. The van der Waals surface area contributed by atoms with E-state index in [2.05, 4.69) is 10.1 Å². The highest BCUT2D eigenvalue weighted by Gasteiger charge is 2.37. The van der Waals surface area contributed by atoms with Gasteiger partial charge in [0, 0.05) is 23.8 Å². The van der Waals surface area contributed by atoms with Crippen LogP contribution >= 0.6 is 23.8 Å². The molecule has 152 valence electrons. The van der Waals surface area contributed by atoms with Crippen LogP contribution in [0.1, 0.15) is 17.2 Å². The Morgan fingerprint density at radius 3 is 2.72 bits per heavy atom. The maximum Gasteiger partial charge on any atom is 0.387 e. The van der Waals surface area contributed by atoms with Crippen LogP contribution in [0.2, 0.25) is 5.02 Å². The van der Waals surface area contributed by atoms with Crippen molar-refractivity contribution in [1.82, 2.24) is 9.80 Å². The topological polar surface area (TPSA) is 44.8 Å². The molecule has 1 saturated heterocycles. The van der Waals surface area contributed by atoms with Crippen LogP contribution in [-0.4, -0.2) is 47.1 Å². The van der Waals surface area contributed by atoms with E-state index in [0.717, 1.165) is 12.0 Å². The molecule has 2 aromatic rings. The minimum Gasteiger partial charge on any atom is -0.435 e. The number of nitrogens with zero attached hydrogens (tertiary/aromatic N) is 2. The van der Waals surface area contributed by atoms with Crippen LogP contribution in [0.3, 0.4) is 0 Å². The number of carbonyl (C=O) groups is 1. The standard InChI is InChI=1S/C20H18ClF2N3O2S/c21-13-2-1-12-7-8-26-17(16(12)9-13)10-25(11-18(26)27)20(29)24-14-3-5-15(6-4-14)28-19(22)23/h1-6,9,17,19H,7-8,10-11H2,(H,24,29). The van der Waals surface area contributed by atoms with E-state index in [9.17, 15) is 13.6 Å². The number of hydrogen-bond donors (Lipinski definition) is 1. The average Bonchev–Trinajstić information content (AvgIpc) is 2.69. The van der Waals surface area contributed by atoms with Gasteiger partial charge in [-0.05, 0) is 66.2 Å². The number of amides is 1. The molecule has 0 aliphatic carbocycles. The lowest BCUT2D eigenvalue weighted by atomic mass is 9.91. The molecule has 1 fully saturated rings. The first-order valence-electron chi connectivity index (χ1n) is 9.09. The van der Waals surface area contributed by atoms with Gasteiger partial charge in [0.2, 0.25) is 5.91 Å². The summed E-state index contributed by atoms with van der Waals surface area (Å²) < 4.78 is 28.9. The van der Waals surface area contributed by atoms with Gasteiger partial charge < -0.3 is 19.9 Å². The van der Waals surface area contributed by atoms with Crippen LogP contribution in [-0.2, 0) is 11.2 Å². The van der Waals surface area contributed by atoms with Gasteiger partial charge in [-0.15, -0.1) is 0 Å². The molecule has 2 aliphatic rings. The molecule has 2 aliphatic heterocycles. The first-order chi connectivity index (χ1) is 13.9. The zero-order valence-electron chi connectivity index (χ0n) is 15.3. The van der Waals surface area contributed by atoms with Crippen molar-refractivity contribution in [3.8, 4) is 5.75 Å². The number of ether oxygens (including phenoxy) is 1. The second-order valence-electron chi connectivity index (χ2n) is 6.91. The average molecular weight is 438 g/mol. The van der Waals surface area contributed by atoms with Crippen molar-refractivity contribution in [2.75, 3.05) is 25.0 Å². The van der Waals surface area contributed by atoms with E-state index in [0.29, 0.717) is 28.9 Å². The summed E-state index contributed by atoms with van der Waals surface area (Å²) in [5.41, 5.74) is 2.87. The molecule has 1 atom stereocenters. The second kappa shape index (κ2) is 8.12. The number of fused-ring (bicyclic) bond motifs is 3. The van der Waals surface area contributed by atoms with Gasteiger partial charge in [0.25, 0.3) is 0 Å². The zero-order valence-corrected chi connectivity index (χ0v) is 16.9. The largest absolute Gasteiger partial charge is 0.435 e. The van der Waals surface area contributed by atoms with Crippen LogP contribution in [0.15, 0.2) is 42.5 Å². The Morgan fingerprint density at radius 2 is 2.00 bits per heavy atom. The maximum absolute atomic E-state index is 12.7. The summed E-state index contributed by atoms with van der Waals surface area (Å²) in [6.07, 6.45) is 0.810. The number of halogens is 3. The van der Waals surface area contributed by atoms with E-state index in [-0.39, 0.29) is 24.2 Å². The van der Waals surface area contributed by atoms with E-state index in [1.807, 2.05) is 28.0 Å². The molecule has 0 bridgehead atoms. The van der Waals surface area contributed by atoms with Gasteiger partial charge in [0.05, 0.1) is 12.6 Å². The molecule has 4 rings (SSSR count). The van der Waals surface area contributed by atoms with Crippen molar-refractivity contribution >= 4 is 40.5 Å². The molecule has 0 spiro atoms. The number of benzene rings is 2. The van der Waals surface area contributed by atoms with Gasteiger partial charge in [-0.1, -0.05) is 17.7 Å². The Bertz CT molecular complexity index is 942. The van der Waals surface area contributed by atoms with E-state index in [1.54, 1.807) is 12.1 Å². The lowest BCUT2D eigenvalue weighted by Crippen LogP contribution is -2.56. The molecule has 29 heavy (non-hydrogen) atoms. The molecule has 1 N–H and O–H groups in total. The van der Waals surface area contributed by atoms with Gasteiger partial charge in [0.15, 0.2) is 5.11 Å². The molecule has 0 saturated carbocycles. The lowest BCUT2D eigenvalue weighted by Gasteiger charge is -2.45.